The first-order chi connectivity index (χ1) is 12.8. The SMILES string of the molecule is Cc1cc(S(=O)(=O)N2c3ccccc3-c3ccc(F)cc3C2C)ccc1O. The average molecular weight is 383 g/mol. The minimum Gasteiger partial charge on any atom is -0.508 e. The minimum atomic E-state index is -3.92. The van der Waals surface area contributed by atoms with Gasteiger partial charge in [0.1, 0.15) is 11.6 Å². The van der Waals surface area contributed by atoms with Crippen molar-refractivity contribution >= 4 is 15.7 Å². The number of halogens is 1. The maximum absolute atomic E-state index is 13.9. The molecule has 27 heavy (non-hydrogen) atoms. The Morgan fingerprint density at radius 2 is 1.74 bits per heavy atom. The Hall–Kier alpha value is -2.86. The van der Waals surface area contributed by atoms with Gasteiger partial charge in [-0.3, -0.25) is 4.31 Å². The summed E-state index contributed by atoms with van der Waals surface area (Å²) in [6.45, 7) is 3.39. The number of rotatable bonds is 2. The van der Waals surface area contributed by atoms with Crippen LogP contribution in [0.5, 0.6) is 5.75 Å². The number of anilines is 1. The molecular weight excluding hydrogens is 365 g/mol. The van der Waals surface area contributed by atoms with Crippen LogP contribution in [0.2, 0.25) is 0 Å². The predicted octanol–water partition coefficient (Wildman–Crippen LogP) is 4.78. The summed E-state index contributed by atoms with van der Waals surface area (Å²) in [5, 5.41) is 9.74. The van der Waals surface area contributed by atoms with Gasteiger partial charge in [0.2, 0.25) is 0 Å². The fourth-order valence-corrected chi connectivity index (χ4v) is 5.33. The Kier molecular flexibility index (Phi) is 3.96. The van der Waals surface area contributed by atoms with Gasteiger partial charge in [-0.05, 0) is 66.9 Å². The monoisotopic (exact) mass is 383 g/mol. The number of hydrogen-bond donors (Lipinski definition) is 1. The standard InChI is InChI=1S/C21H18FNO3S/c1-13-11-16(8-10-21(13)24)27(25,26)23-14(2)19-12-15(22)7-9-17(19)18-5-3-4-6-20(18)23/h3-12,14,24H,1-2H3. The van der Waals surface area contributed by atoms with Crippen LogP contribution in [0, 0.1) is 12.7 Å². The van der Waals surface area contributed by atoms with E-state index in [0.29, 0.717) is 16.8 Å². The zero-order chi connectivity index (χ0) is 19.3. The van der Waals surface area contributed by atoms with Crippen molar-refractivity contribution in [1.29, 1.82) is 0 Å². The minimum absolute atomic E-state index is 0.0356. The molecule has 0 aromatic heterocycles. The maximum Gasteiger partial charge on any atom is 0.264 e. The van der Waals surface area contributed by atoms with Gasteiger partial charge in [0, 0.05) is 5.56 Å². The fourth-order valence-electron chi connectivity index (χ4n) is 3.59. The number of fused-ring (bicyclic) bond motifs is 3. The van der Waals surface area contributed by atoms with Crippen LogP contribution in [0.15, 0.2) is 65.6 Å². The Morgan fingerprint density at radius 3 is 2.48 bits per heavy atom. The third-order valence-electron chi connectivity index (χ3n) is 4.97. The summed E-state index contributed by atoms with van der Waals surface area (Å²) < 4.78 is 42.2. The second kappa shape index (κ2) is 6.09. The van der Waals surface area contributed by atoms with Crippen LogP contribution in [-0.4, -0.2) is 13.5 Å². The van der Waals surface area contributed by atoms with Crippen molar-refractivity contribution in [2.45, 2.75) is 24.8 Å². The molecule has 1 atom stereocenters. The highest BCUT2D eigenvalue weighted by molar-refractivity contribution is 7.92. The molecule has 3 aromatic rings. The van der Waals surface area contributed by atoms with Gasteiger partial charge in [-0.1, -0.05) is 24.3 Å². The molecule has 6 heteroatoms. The Balaban J connectivity index is 1.96. The molecule has 0 bridgehead atoms. The molecule has 1 heterocycles. The third kappa shape index (κ3) is 2.68. The van der Waals surface area contributed by atoms with Crippen LogP contribution in [0.3, 0.4) is 0 Å². The summed E-state index contributed by atoms with van der Waals surface area (Å²) in [6, 6.07) is 15.3. The maximum atomic E-state index is 13.9. The lowest BCUT2D eigenvalue weighted by molar-refractivity contribution is 0.470. The van der Waals surface area contributed by atoms with E-state index < -0.39 is 21.9 Å². The van der Waals surface area contributed by atoms with Crippen LogP contribution in [0.1, 0.15) is 24.1 Å². The van der Waals surface area contributed by atoms with Gasteiger partial charge in [-0.15, -0.1) is 0 Å². The van der Waals surface area contributed by atoms with E-state index >= 15 is 0 Å². The van der Waals surface area contributed by atoms with Crippen molar-refractivity contribution in [2.75, 3.05) is 4.31 Å². The van der Waals surface area contributed by atoms with Gasteiger partial charge >= 0.3 is 0 Å². The summed E-state index contributed by atoms with van der Waals surface area (Å²) in [4.78, 5) is 0.0827. The smallest absolute Gasteiger partial charge is 0.264 e. The molecule has 0 saturated carbocycles. The second-order valence-electron chi connectivity index (χ2n) is 6.67. The molecule has 0 aliphatic carbocycles. The van der Waals surface area contributed by atoms with Crippen LogP contribution >= 0.6 is 0 Å². The van der Waals surface area contributed by atoms with Crippen LogP contribution in [0.25, 0.3) is 11.1 Å². The van der Waals surface area contributed by atoms with Crippen LogP contribution in [-0.2, 0) is 10.0 Å². The normalized spacial score (nSPS) is 16.0. The molecular formula is C21H18FNO3S. The van der Waals surface area contributed by atoms with E-state index in [4.69, 9.17) is 0 Å². The first kappa shape index (κ1) is 17.5. The first-order valence-corrected chi connectivity index (χ1v) is 9.97. The molecule has 1 aliphatic heterocycles. The van der Waals surface area contributed by atoms with E-state index in [1.807, 2.05) is 12.1 Å². The average Bonchev–Trinajstić information content (AvgIpc) is 2.64. The number of aryl methyl sites for hydroxylation is 1. The Labute approximate surface area is 157 Å². The van der Waals surface area contributed by atoms with E-state index in [0.717, 1.165) is 11.1 Å². The largest absolute Gasteiger partial charge is 0.508 e. The Morgan fingerprint density at radius 1 is 1.00 bits per heavy atom. The summed E-state index contributed by atoms with van der Waals surface area (Å²) in [5.74, 6) is -0.369. The summed E-state index contributed by atoms with van der Waals surface area (Å²) in [5.41, 5.74) is 3.21. The first-order valence-electron chi connectivity index (χ1n) is 8.53. The number of para-hydroxylation sites is 1. The highest BCUT2D eigenvalue weighted by Gasteiger charge is 2.37. The number of benzene rings is 3. The van der Waals surface area contributed by atoms with Crippen molar-refractivity contribution in [3.63, 3.8) is 0 Å². The van der Waals surface area contributed by atoms with E-state index in [1.165, 1.54) is 34.6 Å². The summed E-state index contributed by atoms with van der Waals surface area (Å²) >= 11 is 0. The van der Waals surface area contributed by atoms with Crippen molar-refractivity contribution in [3.8, 4) is 16.9 Å². The third-order valence-corrected chi connectivity index (χ3v) is 6.85. The zero-order valence-corrected chi connectivity index (χ0v) is 15.7. The number of aromatic hydroxyl groups is 1. The fraction of sp³-hybridized carbons (Fsp3) is 0.143. The molecule has 1 unspecified atom stereocenters. The number of nitrogens with zero attached hydrogens (tertiary/aromatic N) is 1. The molecule has 138 valence electrons. The molecule has 0 fully saturated rings. The van der Waals surface area contributed by atoms with Crippen molar-refractivity contribution < 1.29 is 17.9 Å². The number of phenols is 1. The summed E-state index contributed by atoms with van der Waals surface area (Å²) in [6.07, 6.45) is 0. The number of hydrogen-bond acceptors (Lipinski definition) is 3. The molecule has 1 N–H and O–H groups in total. The van der Waals surface area contributed by atoms with E-state index in [9.17, 15) is 17.9 Å². The van der Waals surface area contributed by atoms with Gasteiger partial charge in [0.05, 0.1) is 16.6 Å². The van der Waals surface area contributed by atoms with Crippen molar-refractivity contribution in [3.05, 3.63) is 77.6 Å². The van der Waals surface area contributed by atoms with Gasteiger partial charge in [0.25, 0.3) is 10.0 Å². The molecule has 4 rings (SSSR count). The van der Waals surface area contributed by atoms with Crippen LogP contribution in [0.4, 0.5) is 10.1 Å². The highest BCUT2D eigenvalue weighted by atomic mass is 32.2. The highest BCUT2D eigenvalue weighted by Crippen LogP contribution is 2.47. The Bertz CT molecular complexity index is 1160. The second-order valence-corrected chi connectivity index (χ2v) is 8.49. The zero-order valence-electron chi connectivity index (χ0n) is 14.8. The van der Waals surface area contributed by atoms with Crippen LogP contribution < -0.4 is 4.31 Å². The quantitative estimate of drug-likeness (QED) is 0.693. The molecule has 4 nitrogen and oxygen atoms in total. The van der Waals surface area contributed by atoms with Gasteiger partial charge < -0.3 is 5.11 Å². The lowest BCUT2D eigenvalue weighted by Crippen LogP contribution is -2.36. The van der Waals surface area contributed by atoms with E-state index in [-0.39, 0.29) is 10.6 Å². The molecule has 0 amide bonds. The van der Waals surface area contributed by atoms with E-state index in [1.54, 1.807) is 32.0 Å². The number of phenolic OH excluding ortho intramolecular Hbond substituents is 1. The topological polar surface area (TPSA) is 57.6 Å². The summed E-state index contributed by atoms with van der Waals surface area (Å²) in [7, 11) is -3.92. The van der Waals surface area contributed by atoms with Gasteiger partial charge in [-0.25, -0.2) is 12.8 Å². The molecule has 0 saturated heterocycles. The molecule has 0 spiro atoms. The van der Waals surface area contributed by atoms with Gasteiger partial charge in [0.15, 0.2) is 0 Å². The van der Waals surface area contributed by atoms with Crippen molar-refractivity contribution in [2.24, 2.45) is 0 Å². The molecule has 3 aromatic carbocycles. The van der Waals surface area contributed by atoms with E-state index in [2.05, 4.69) is 0 Å². The van der Waals surface area contributed by atoms with Gasteiger partial charge in [-0.2, -0.15) is 0 Å². The van der Waals surface area contributed by atoms with Crippen molar-refractivity contribution in [1.82, 2.24) is 0 Å². The lowest BCUT2D eigenvalue weighted by Gasteiger charge is -2.37. The number of sulfonamides is 1. The molecule has 1 aliphatic rings. The lowest BCUT2D eigenvalue weighted by atomic mass is 9.90. The predicted molar refractivity (Wildman–Crippen MR) is 103 cm³/mol. The molecule has 0 radical (unpaired) electrons.